The van der Waals surface area contributed by atoms with Gasteiger partial charge in [-0.15, -0.1) is 11.8 Å². The molecule has 1 saturated carbocycles. The molecule has 16 heavy (non-hydrogen) atoms. The maximum atomic E-state index is 9.09. The number of hydrogen-bond acceptors (Lipinski definition) is 2. The minimum absolute atomic E-state index is 0.710. The summed E-state index contributed by atoms with van der Waals surface area (Å²) in [6.45, 7) is 0. The summed E-state index contributed by atoms with van der Waals surface area (Å²) in [5.74, 6) is 0. The molecule has 1 nitrogen and oxygen atoms in total. The van der Waals surface area contributed by atoms with Gasteiger partial charge >= 0.3 is 0 Å². The molecule has 1 aliphatic carbocycles. The first-order valence-corrected chi connectivity index (χ1v) is 7.33. The third-order valence-electron chi connectivity index (χ3n) is 2.91. The van der Waals surface area contributed by atoms with Crippen LogP contribution in [0.15, 0.2) is 27.6 Å². The second kappa shape index (κ2) is 5.75. The van der Waals surface area contributed by atoms with Crippen molar-refractivity contribution in [3.8, 4) is 6.07 Å². The van der Waals surface area contributed by atoms with E-state index in [1.54, 1.807) is 0 Å². The van der Waals surface area contributed by atoms with Crippen molar-refractivity contribution >= 4 is 27.7 Å². The summed E-state index contributed by atoms with van der Waals surface area (Å²) in [5.41, 5.74) is 0.796. The van der Waals surface area contributed by atoms with Gasteiger partial charge in [0.2, 0.25) is 0 Å². The third-order valence-corrected chi connectivity index (χ3v) is 4.82. The van der Waals surface area contributed by atoms with Gasteiger partial charge in [-0.3, -0.25) is 0 Å². The fourth-order valence-corrected chi connectivity index (χ4v) is 3.72. The van der Waals surface area contributed by atoms with Crippen LogP contribution in [0.5, 0.6) is 0 Å². The zero-order valence-electron chi connectivity index (χ0n) is 9.08. The summed E-state index contributed by atoms with van der Waals surface area (Å²) in [5, 5.41) is 9.80. The largest absolute Gasteiger partial charge is 0.192 e. The van der Waals surface area contributed by atoms with E-state index in [1.165, 1.54) is 32.1 Å². The Balaban J connectivity index is 2.11. The van der Waals surface area contributed by atoms with Crippen molar-refractivity contribution in [1.82, 2.24) is 0 Å². The van der Waals surface area contributed by atoms with E-state index < -0.39 is 0 Å². The van der Waals surface area contributed by atoms with Gasteiger partial charge in [0.25, 0.3) is 0 Å². The van der Waals surface area contributed by atoms with Crippen molar-refractivity contribution in [2.75, 3.05) is 0 Å². The zero-order valence-corrected chi connectivity index (χ0v) is 11.5. The lowest BCUT2D eigenvalue weighted by atomic mass is 10.0. The summed E-state index contributed by atoms with van der Waals surface area (Å²) in [4.78, 5) is 1.14. The highest BCUT2D eigenvalue weighted by molar-refractivity contribution is 9.10. The van der Waals surface area contributed by atoms with Crippen LogP contribution in [0.4, 0.5) is 0 Å². The summed E-state index contributed by atoms with van der Waals surface area (Å²) in [6, 6.07) is 8.26. The van der Waals surface area contributed by atoms with Gasteiger partial charge in [-0.05, 0) is 31.0 Å². The van der Waals surface area contributed by atoms with Gasteiger partial charge in [-0.25, -0.2) is 0 Å². The molecule has 0 unspecified atom stereocenters. The van der Waals surface area contributed by atoms with Gasteiger partial charge in [0.15, 0.2) is 0 Å². The molecule has 1 fully saturated rings. The molecule has 3 heteroatoms. The van der Waals surface area contributed by atoms with Crippen LogP contribution in [0, 0.1) is 11.3 Å². The van der Waals surface area contributed by atoms with Crippen molar-refractivity contribution in [2.24, 2.45) is 0 Å². The van der Waals surface area contributed by atoms with E-state index in [9.17, 15) is 0 Å². The first-order valence-electron chi connectivity index (χ1n) is 5.66. The molecule has 0 bridgehead atoms. The molecule has 0 heterocycles. The molecule has 0 amide bonds. The van der Waals surface area contributed by atoms with E-state index in [1.807, 2.05) is 23.9 Å². The Morgan fingerprint density at radius 2 is 2.00 bits per heavy atom. The summed E-state index contributed by atoms with van der Waals surface area (Å²) >= 11 is 5.28. The van der Waals surface area contributed by atoms with Crippen molar-refractivity contribution in [3.05, 3.63) is 28.2 Å². The lowest BCUT2D eigenvalue weighted by Crippen LogP contribution is -2.07. The van der Waals surface area contributed by atoms with Crippen LogP contribution in [-0.2, 0) is 0 Å². The van der Waals surface area contributed by atoms with Gasteiger partial charge in [-0.2, -0.15) is 5.26 Å². The fraction of sp³-hybridized carbons (Fsp3) is 0.462. The Bertz CT molecular complexity index is 405. The van der Waals surface area contributed by atoms with Crippen molar-refractivity contribution < 1.29 is 0 Å². The molecule has 1 aromatic rings. The minimum atomic E-state index is 0.710. The van der Waals surface area contributed by atoms with Crippen molar-refractivity contribution in [3.63, 3.8) is 0 Å². The van der Waals surface area contributed by atoms with Gasteiger partial charge in [0.1, 0.15) is 6.07 Å². The van der Waals surface area contributed by atoms with Crippen LogP contribution in [-0.4, -0.2) is 5.25 Å². The zero-order chi connectivity index (χ0) is 11.4. The summed E-state index contributed by atoms with van der Waals surface area (Å²) in [7, 11) is 0. The maximum absolute atomic E-state index is 9.09. The standard InChI is InChI=1S/C13H14BrNS/c14-11-6-7-13(10(8-11)9-15)16-12-4-2-1-3-5-12/h6-8,12H,1-5H2. The first kappa shape index (κ1) is 12.0. The number of thioether (sulfide) groups is 1. The molecule has 2 rings (SSSR count). The molecule has 0 radical (unpaired) electrons. The number of nitriles is 1. The van der Waals surface area contributed by atoms with E-state index in [-0.39, 0.29) is 0 Å². The summed E-state index contributed by atoms with van der Waals surface area (Å²) < 4.78 is 0.983. The van der Waals surface area contributed by atoms with Crippen molar-refractivity contribution in [1.29, 1.82) is 5.26 Å². The van der Waals surface area contributed by atoms with E-state index in [4.69, 9.17) is 5.26 Å². The van der Waals surface area contributed by atoms with Gasteiger partial charge in [-0.1, -0.05) is 35.2 Å². The lowest BCUT2D eigenvalue weighted by Gasteiger charge is -2.21. The van der Waals surface area contributed by atoms with Crippen LogP contribution in [0.2, 0.25) is 0 Å². The van der Waals surface area contributed by atoms with Crippen LogP contribution in [0.3, 0.4) is 0 Å². The number of rotatable bonds is 2. The van der Waals surface area contributed by atoms with Crippen LogP contribution in [0.1, 0.15) is 37.7 Å². The number of hydrogen-bond donors (Lipinski definition) is 0. The number of benzene rings is 1. The molecular weight excluding hydrogens is 282 g/mol. The summed E-state index contributed by atoms with van der Waals surface area (Å²) in [6.07, 6.45) is 6.66. The van der Waals surface area contributed by atoms with E-state index in [0.717, 1.165) is 14.9 Å². The molecule has 0 N–H and O–H groups in total. The maximum Gasteiger partial charge on any atom is 0.100 e. The molecule has 1 aliphatic rings. The predicted octanol–water partition coefficient (Wildman–Crippen LogP) is 4.75. The quantitative estimate of drug-likeness (QED) is 0.786. The van der Waals surface area contributed by atoms with Crippen LogP contribution < -0.4 is 0 Å². The van der Waals surface area contributed by atoms with Crippen molar-refractivity contribution in [2.45, 2.75) is 42.2 Å². The second-order valence-corrected chi connectivity index (χ2v) is 6.39. The van der Waals surface area contributed by atoms with Gasteiger partial charge in [0.05, 0.1) is 5.56 Å². The average molecular weight is 296 g/mol. The number of nitrogens with zero attached hydrogens (tertiary/aromatic N) is 1. The number of halogens is 1. The average Bonchev–Trinajstić information content (AvgIpc) is 2.33. The molecule has 0 aromatic heterocycles. The molecule has 0 aliphatic heterocycles. The Hall–Kier alpha value is -0.460. The topological polar surface area (TPSA) is 23.8 Å². The van der Waals surface area contributed by atoms with Crippen LogP contribution >= 0.6 is 27.7 Å². The highest BCUT2D eigenvalue weighted by atomic mass is 79.9. The second-order valence-electron chi connectivity index (χ2n) is 4.13. The third kappa shape index (κ3) is 3.02. The predicted molar refractivity (Wildman–Crippen MR) is 71.6 cm³/mol. The molecular formula is C13H14BrNS. The Labute approximate surface area is 109 Å². The molecule has 84 valence electrons. The minimum Gasteiger partial charge on any atom is -0.192 e. The molecule has 0 spiro atoms. The molecule has 0 saturated heterocycles. The Morgan fingerprint density at radius 1 is 1.25 bits per heavy atom. The smallest absolute Gasteiger partial charge is 0.100 e. The fourth-order valence-electron chi connectivity index (χ4n) is 2.05. The normalized spacial score (nSPS) is 17.0. The SMILES string of the molecule is N#Cc1cc(Br)ccc1SC1CCCCC1. The van der Waals surface area contributed by atoms with E-state index in [0.29, 0.717) is 5.25 Å². The van der Waals surface area contributed by atoms with Gasteiger partial charge in [0, 0.05) is 14.6 Å². The highest BCUT2D eigenvalue weighted by Gasteiger charge is 2.16. The van der Waals surface area contributed by atoms with E-state index >= 15 is 0 Å². The molecule has 1 aromatic carbocycles. The first-order chi connectivity index (χ1) is 7.79. The Kier molecular flexibility index (Phi) is 4.31. The molecule has 0 atom stereocenters. The van der Waals surface area contributed by atoms with Gasteiger partial charge < -0.3 is 0 Å². The monoisotopic (exact) mass is 295 g/mol. The Morgan fingerprint density at radius 3 is 2.69 bits per heavy atom. The highest BCUT2D eigenvalue weighted by Crippen LogP contribution is 2.35. The lowest BCUT2D eigenvalue weighted by molar-refractivity contribution is 0.516. The van der Waals surface area contributed by atoms with E-state index in [2.05, 4.69) is 28.1 Å². The van der Waals surface area contributed by atoms with Crippen LogP contribution in [0.25, 0.3) is 0 Å².